The SMILES string of the molecule is CC.Cc1ccc(NC(=O)Nc2ccc(Cc3ccc(NC(=O)Nc4ccc(C)cc4)cc3)cc2)cc1.Cc1ccc(NC(=O)Nc2cccc(NC(=O)Nc3ccc(C)cc3)c2)cc1. The molecule has 0 aliphatic heterocycles. The van der Waals surface area contributed by atoms with Crippen LogP contribution in [0.2, 0.25) is 0 Å². The van der Waals surface area contributed by atoms with Crippen LogP contribution < -0.4 is 42.5 Å². The van der Waals surface area contributed by atoms with Gasteiger partial charge in [0, 0.05) is 45.5 Å². The average molecular weight is 869 g/mol. The smallest absolute Gasteiger partial charge is 0.308 e. The van der Waals surface area contributed by atoms with E-state index in [0.29, 0.717) is 22.7 Å². The molecule has 12 heteroatoms. The number of urea groups is 4. The van der Waals surface area contributed by atoms with E-state index in [4.69, 9.17) is 0 Å². The van der Waals surface area contributed by atoms with Gasteiger partial charge in [0.15, 0.2) is 0 Å². The van der Waals surface area contributed by atoms with E-state index < -0.39 is 0 Å². The molecule has 65 heavy (non-hydrogen) atoms. The molecule has 0 fully saturated rings. The molecule has 0 bridgehead atoms. The Kier molecular flexibility index (Phi) is 17.8. The van der Waals surface area contributed by atoms with Gasteiger partial charge >= 0.3 is 24.1 Å². The summed E-state index contributed by atoms with van der Waals surface area (Å²) in [5, 5.41) is 22.4. The third-order valence-electron chi connectivity index (χ3n) is 9.45. The van der Waals surface area contributed by atoms with Crippen molar-refractivity contribution in [2.45, 2.75) is 48.0 Å². The van der Waals surface area contributed by atoms with Gasteiger partial charge in [0.2, 0.25) is 0 Å². The van der Waals surface area contributed by atoms with E-state index in [1.807, 2.05) is 187 Å². The van der Waals surface area contributed by atoms with Crippen LogP contribution in [0.4, 0.5) is 64.7 Å². The molecule has 8 amide bonds. The maximum Gasteiger partial charge on any atom is 0.323 e. The van der Waals surface area contributed by atoms with E-state index in [1.165, 1.54) is 0 Å². The van der Waals surface area contributed by atoms with Crippen LogP contribution >= 0.6 is 0 Å². The van der Waals surface area contributed by atoms with E-state index in [0.717, 1.165) is 62.6 Å². The summed E-state index contributed by atoms with van der Waals surface area (Å²) < 4.78 is 0. The van der Waals surface area contributed by atoms with Crippen molar-refractivity contribution in [3.63, 3.8) is 0 Å². The number of hydrogen-bond donors (Lipinski definition) is 8. The molecule has 0 radical (unpaired) electrons. The van der Waals surface area contributed by atoms with Gasteiger partial charge in [-0.25, -0.2) is 19.2 Å². The van der Waals surface area contributed by atoms with Crippen molar-refractivity contribution in [3.05, 3.63) is 203 Å². The Hall–Kier alpha value is -8.38. The van der Waals surface area contributed by atoms with Crippen LogP contribution in [0.25, 0.3) is 0 Å². The van der Waals surface area contributed by atoms with Crippen LogP contribution in [-0.2, 0) is 6.42 Å². The number of carbonyl (C=O) groups excluding carboxylic acids is 4. The minimum atomic E-state index is -0.356. The molecular weight excluding hydrogens is 813 g/mol. The first-order valence-corrected chi connectivity index (χ1v) is 21.3. The first-order valence-electron chi connectivity index (χ1n) is 21.3. The van der Waals surface area contributed by atoms with Crippen LogP contribution in [0.1, 0.15) is 47.2 Å². The van der Waals surface area contributed by atoms with Gasteiger partial charge in [0.25, 0.3) is 0 Å². The Balaban J connectivity index is 0.000000241. The third-order valence-corrected chi connectivity index (χ3v) is 9.45. The molecule has 7 rings (SSSR count). The summed E-state index contributed by atoms with van der Waals surface area (Å²) in [4.78, 5) is 48.7. The van der Waals surface area contributed by atoms with Crippen LogP contribution in [0, 0.1) is 27.7 Å². The zero-order chi connectivity index (χ0) is 46.6. The summed E-state index contributed by atoms with van der Waals surface area (Å²) in [5.74, 6) is 0. The summed E-state index contributed by atoms with van der Waals surface area (Å²) in [6.45, 7) is 12.0. The summed E-state index contributed by atoms with van der Waals surface area (Å²) in [5.41, 5.74) is 12.2. The van der Waals surface area contributed by atoms with Gasteiger partial charge in [0.05, 0.1) is 0 Å². The molecular formula is C53H56N8O4. The zero-order valence-corrected chi connectivity index (χ0v) is 37.5. The molecule has 12 nitrogen and oxygen atoms in total. The lowest BCUT2D eigenvalue weighted by Crippen LogP contribution is -2.21. The molecule has 0 aromatic heterocycles. The van der Waals surface area contributed by atoms with Crippen molar-refractivity contribution in [1.29, 1.82) is 0 Å². The van der Waals surface area contributed by atoms with E-state index in [-0.39, 0.29) is 24.1 Å². The molecule has 0 atom stereocenters. The van der Waals surface area contributed by atoms with Crippen LogP contribution in [-0.4, -0.2) is 24.1 Å². The average Bonchev–Trinajstić information content (AvgIpc) is 3.29. The molecule has 332 valence electrons. The Morgan fingerprint density at radius 3 is 0.723 bits per heavy atom. The van der Waals surface area contributed by atoms with Crippen molar-refractivity contribution >= 4 is 69.6 Å². The fourth-order valence-corrected chi connectivity index (χ4v) is 6.04. The van der Waals surface area contributed by atoms with Crippen molar-refractivity contribution in [3.8, 4) is 0 Å². The van der Waals surface area contributed by atoms with Crippen molar-refractivity contribution in [1.82, 2.24) is 0 Å². The number of amides is 8. The highest BCUT2D eigenvalue weighted by Gasteiger charge is 2.08. The molecule has 0 saturated carbocycles. The van der Waals surface area contributed by atoms with Crippen molar-refractivity contribution in [2.24, 2.45) is 0 Å². The van der Waals surface area contributed by atoms with Gasteiger partial charge in [-0.2, -0.15) is 0 Å². The minimum absolute atomic E-state index is 0.281. The second kappa shape index (κ2) is 24.3. The molecule has 0 spiro atoms. The lowest BCUT2D eigenvalue weighted by atomic mass is 10.0. The van der Waals surface area contributed by atoms with Gasteiger partial charge in [-0.3, -0.25) is 0 Å². The lowest BCUT2D eigenvalue weighted by molar-refractivity contribution is 0.261. The summed E-state index contributed by atoms with van der Waals surface area (Å²) in [7, 11) is 0. The zero-order valence-electron chi connectivity index (χ0n) is 37.5. The predicted octanol–water partition coefficient (Wildman–Crippen LogP) is 13.8. The number of hydrogen-bond acceptors (Lipinski definition) is 4. The highest BCUT2D eigenvalue weighted by molar-refractivity contribution is 6.03. The molecule has 0 heterocycles. The maximum atomic E-state index is 12.2. The lowest BCUT2D eigenvalue weighted by Gasteiger charge is -2.11. The van der Waals surface area contributed by atoms with E-state index in [1.54, 1.807) is 24.3 Å². The molecule has 7 aromatic rings. The molecule has 8 N–H and O–H groups in total. The minimum Gasteiger partial charge on any atom is -0.308 e. The molecule has 0 saturated heterocycles. The first kappa shape index (κ1) is 47.7. The molecule has 0 unspecified atom stereocenters. The largest absolute Gasteiger partial charge is 0.323 e. The third kappa shape index (κ3) is 16.8. The summed E-state index contributed by atoms with van der Waals surface area (Å²) >= 11 is 0. The van der Waals surface area contributed by atoms with Crippen LogP contribution in [0.15, 0.2) is 170 Å². The summed E-state index contributed by atoms with van der Waals surface area (Å²) in [6.07, 6.45) is 0.742. The molecule has 0 aliphatic rings. The Labute approximate surface area is 381 Å². The highest BCUT2D eigenvalue weighted by atomic mass is 16.2. The number of carbonyl (C=O) groups is 4. The number of nitrogens with one attached hydrogen (secondary N) is 8. The van der Waals surface area contributed by atoms with E-state index in [9.17, 15) is 19.2 Å². The fourth-order valence-electron chi connectivity index (χ4n) is 6.04. The Morgan fingerprint density at radius 1 is 0.292 bits per heavy atom. The fraction of sp³-hybridized carbons (Fsp3) is 0.132. The van der Waals surface area contributed by atoms with Gasteiger partial charge < -0.3 is 42.5 Å². The summed E-state index contributed by atoms with van der Waals surface area (Å²) in [6, 6.07) is 51.5. The first-order chi connectivity index (χ1) is 31.4. The Morgan fingerprint density at radius 2 is 0.492 bits per heavy atom. The van der Waals surface area contributed by atoms with Gasteiger partial charge in [0.1, 0.15) is 0 Å². The van der Waals surface area contributed by atoms with Gasteiger partial charge in [-0.15, -0.1) is 0 Å². The number of anilines is 8. The second-order valence-corrected chi connectivity index (χ2v) is 14.9. The number of aryl methyl sites for hydroxylation is 4. The normalized spacial score (nSPS) is 10.0. The van der Waals surface area contributed by atoms with Crippen molar-refractivity contribution < 1.29 is 19.2 Å². The standard InChI is InChI=1S/C29H28N4O2.C22H22N4O2.C2H6/c1-20-3-11-24(12-4-20)30-28(34)32-26-15-7-22(8-16-26)19-23-9-17-27(18-10-23)33-29(35)31-25-13-5-21(2)6-14-25;1-15-6-10-17(11-7-15)23-21(27)25-19-4-3-5-20(14-19)26-22(28)24-18-12-8-16(2)9-13-18;1-2/h3-18H,19H2,1-2H3,(H2,30,32,34)(H2,31,33,35);3-14H,1-2H3,(H2,23,25,27)(H2,24,26,28);1-2H3. The van der Waals surface area contributed by atoms with E-state index in [2.05, 4.69) is 42.5 Å². The topological polar surface area (TPSA) is 165 Å². The number of benzene rings is 7. The highest BCUT2D eigenvalue weighted by Crippen LogP contribution is 2.19. The molecule has 0 aliphatic carbocycles. The second-order valence-electron chi connectivity index (χ2n) is 14.9. The Bertz CT molecular complexity index is 2430. The number of rotatable bonds is 10. The van der Waals surface area contributed by atoms with Crippen LogP contribution in [0.5, 0.6) is 0 Å². The monoisotopic (exact) mass is 868 g/mol. The van der Waals surface area contributed by atoms with Crippen molar-refractivity contribution in [2.75, 3.05) is 42.5 Å². The predicted molar refractivity (Wildman–Crippen MR) is 269 cm³/mol. The maximum absolute atomic E-state index is 12.2. The quantitative estimate of drug-likeness (QED) is 0.0686. The van der Waals surface area contributed by atoms with Gasteiger partial charge in [-0.1, -0.05) is 115 Å². The molecule has 7 aromatic carbocycles. The van der Waals surface area contributed by atoms with E-state index >= 15 is 0 Å². The van der Waals surface area contributed by atoms with Crippen LogP contribution in [0.3, 0.4) is 0 Å². The van der Waals surface area contributed by atoms with Gasteiger partial charge in [-0.05, 0) is 136 Å².